The SMILES string of the molecule is CCC(=O)N=[N+]=[N-]. The molecule has 0 aromatic rings. The topological polar surface area (TPSA) is 65.8 Å². The summed E-state index contributed by atoms with van der Waals surface area (Å²) >= 11 is 0. The van der Waals surface area contributed by atoms with Gasteiger partial charge in [-0.05, 0) is 10.6 Å². The minimum absolute atomic E-state index is 0.282. The lowest BCUT2D eigenvalue weighted by Crippen LogP contribution is -1.83. The van der Waals surface area contributed by atoms with Crippen LogP contribution >= 0.6 is 0 Å². The van der Waals surface area contributed by atoms with E-state index in [2.05, 4.69) is 10.0 Å². The second kappa shape index (κ2) is 3.18. The van der Waals surface area contributed by atoms with E-state index in [9.17, 15) is 4.79 Å². The zero-order valence-corrected chi connectivity index (χ0v) is 3.96. The van der Waals surface area contributed by atoms with Gasteiger partial charge < -0.3 is 0 Å². The molecule has 38 valence electrons. The van der Waals surface area contributed by atoms with Crippen molar-refractivity contribution in [2.24, 2.45) is 5.11 Å². The lowest BCUT2D eigenvalue weighted by atomic mass is 10.5. The first-order valence-electron chi connectivity index (χ1n) is 1.89. The Balaban J connectivity index is 3.58. The van der Waals surface area contributed by atoms with Crippen molar-refractivity contribution >= 4 is 5.91 Å². The molecule has 0 unspecified atom stereocenters. The summed E-state index contributed by atoms with van der Waals surface area (Å²) in [6.07, 6.45) is 0.282. The van der Waals surface area contributed by atoms with Crippen LogP contribution in [0.2, 0.25) is 0 Å². The van der Waals surface area contributed by atoms with Crippen LogP contribution in [0, 0.1) is 0 Å². The highest BCUT2D eigenvalue weighted by Crippen LogP contribution is 1.79. The molecule has 0 aromatic heterocycles. The summed E-state index contributed by atoms with van der Waals surface area (Å²) in [5.41, 5.74) is 7.61. The van der Waals surface area contributed by atoms with Crippen LogP contribution in [0.4, 0.5) is 0 Å². The maximum Gasteiger partial charge on any atom is 0.218 e. The Morgan fingerprint density at radius 2 is 2.57 bits per heavy atom. The normalized spacial score (nSPS) is 7.00. The minimum atomic E-state index is -0.414. The molecule has 0 atom stereocenters. The average Bonchev–Trinajstić information content (AvgIpc) is 1.68. The maximum atomic E-state index is 9.99. The number of hydrogen-bond donors (Lipinski definition) is 0. The molecule has 0 spiro atoms. The van der Waals surface area contributed by atoms with Crippen molar-refractivity contribution in [3.63, 3.8) is 0 Å². The van der Waals surface area contributed by atoms with Gasteiger partial charge in [0.15, 0.2) is 0 Å². The molecule has 0 N–H and O–H groups in total. The average molecular weight is 99.1 g/mol. The fraction of sp³-hybridized carbons (Fsp3) is 0.667. The second-order valence-electron chi connectivity index (χ2n) is 0.937. The van der Waals surface area contributed by atoms with Gasteiger partial charge in [-0.15, -0.1) is 0 Å². The number of azide groups is 1. The van der Waals surface area contributed by atoms with E-state index in [1.54, 1.807) is 6.92 Å². The lowest BCUT2D eigenvalue weighted by molar-refractivity contribution is -0.117. The molecule has 0 bridgehead atoms. The Morgan fingerprint density at radius 3 is 2.71 bits per heavy atom. The molecule has 0 saturated carbocycles. The predicted octanol–water partition coefficient (Wildman–Crippen LogP) is 1.23. The van der Waals surface area contributed by atoms with Crippen molar-refractivity contribution < 1.29 is 4.79 Å². The first-order valence-corrected chi connectivity index (χ1v) is 1.89. The van der Waals surface area contributed by atoms with Crippen LogP contribution in [0.25, 0.3) is 10.4 Å². The van der Waals surface area contributed by atoms with Gasteiger partial charge in [0, 0.05) is 11.3 Å². The molecule has 4 nitrogen and oxygen atoms in total. The van der Waals surface area contributed by atoms with E-state index in [-0.39, 0.29) is 6.42 Å². The number of carbonyl (C=O) groups is 1. The molecule has 0 fully saturated rings. The van der Waals surface area contributed by atoms with Gasteiger partial charge in [0.2, 0.25) is 5.91 Å². The van der Waals surface area contributed by atoms with Crippen molar-refractivity contribution in [1.82, 2.24) is 0 Å². The van der Waals surface area contributed by atoms with Crippen LogP contribution in [0.1, 0.15) is 13.3 Å². The van der Waals surface area contributed by atoms with E-state index in [1.807, 2.05) is 0 Å². The second-order valence-corrected chi connectivity index (χ2v) is 0.937. The number of hydrogen-bond acceptors (Lipinski definition) is 1. The molecule has 0 aliphatic rings. The smallest absolute Gasteiger partial charge is 0.218 e. The summed E-state index contributed by atoms with van der Waals surface area (Å²) < 4.78 is 0. The first kappa shape index (κ1) is 5.98. The van der Waals surface area contributed by atoms with Crippen molar-refractivity contribution in [3.05, 3.63) is 10.4 Å². The molecular formula is C3H5N3O. The number of carbonyl (C=O) groups excluding carboxylic acids is 1. The third-order valence-corrected chi connectivity index (χ3v) is 0.459. The number of rotatable bonds is 1. The fourth-order valence-corrected chi connectivity index (χ4v) is 0.121. The van der Waals surface area contributed by atoms with Crippen molar-refractivity contribution in [3.8, 4) is 0 Å². The molecule has 0 aliphatic carbocycles. The molecule has 0 aromatic carbocycles. The van der Waals surface area contributed by atoms with Gasteiger partial charge in [-0.3, -0.25) is 4.79 Å². The molecule has 4 heteroatoms. The van der Waals surface area contributed by atoms with Crippen LogP contribution in [0.15, 0.2) is 5.11 Å². The largest absolute Gasteiger partial charge is 0.293 e. The highest BCUT2D eigenvalue weighted by molar-refractivity contribution is 5.76. The van der Waals surface area contributed by atoms with Gasteiger partial charge in [0.05, 0.1) is 0 Å². The zero-order valence-electron chi connectivity index (χ0n) is 3.96. The number of nitrogens with zero attached hydrogens (tertiary/aromatic N) is 3. The van der Waals surface area contributed by atoms with E-state index in [0.717, 1.165) is 0 Å². The van der Waals surface area contributed by atoms with E-state index < -0.39 is 5.91 Å². The summed E-state index contributed by atoms with van der Waals surface area (Å²) in [6, 6.07) is 0. The number of amides is 1. The summed E-state index contributed by atoms with van der Waals surface area (Å²) in [6.45, 7) is 1.64. The van der Waals surface area contributed by atoms with Gasteiger partial charge in [-0.25, -0.2) is 0 Å². The standard InChI is InChI=1S/C3H5N3O/c1-2-3(7)5-6-4/h2H2,1H3. The third kappa shape index (κ3) is 2.79. The minimum Gasteiger partial charge on any atom is -0.293 e. The molecule has 0 aliphatic heterocycles. The Hall–Kier alpha value is -1.02. The quantitative estimate of drug-likeness (QED) is 0.277. The Kier molecular flexibility index (Phi) is 2.72. The Labute approximate surface area is 40.8 Å². The maximum absolute atomic E-state index is 9.99. The van der Waals surface area contributed by atoms with Crippen molar-refractivity contribution in [2.45, 2.75) is 13.3 Å². The Morgan fingerprint density at radius 1 is 2.00 bits per heavy atom. The summed E-state index contributed by atoms with van der Waals surface area (Å²) in [5.74, 6) is -0.414. The Bertz CT molecular complexity index is 113. The van der Waals surface area contributed by atoms with Gasteiger partial charge in [-0.2, -0.15) is 0 Å². The highest BCUT2D eigenvalue weighted by atomic mass is 16.1. The molecule has 0 saturated heterocycles. The van der Waals surface area contributed by atoms with Crippen LogP contribution in [0.3, 0.4) is 0 Å². The van der Waals surface area contributed by atoms with Crippen molar-refractivity contribution in [2.75, 3.05) is 0 Å². The molecule has 0 radical (unpaired) electrons. The molecule has 7 heavy (non-hydrogen) atoms. The highest BCUT2D eigenvalue weighted by Gasteiger charge is 1.85. The summed E-state index contributed by atoms with van der Waals surface area (Å²) in [5, 5.41) is 2.78. The predicted molar refractivity (Wildman–Crippen MR) is 24.4 cm³/mol. The molecular weight excluding hydrogens is 94.1 g/mol. The van der Waals surface area contributed by atoms with Crippen LogP contribution in [-0.4, -0.2) is 5.91 Å². The van der Waals surface area contributed by atoms with E-state index >= 15 is 0 Å². The van der Waals surface area contributed by atoms with Crippen molar-refractivity contribution in [1.29, 1.82) is 0 Å². The molecule has 1 amide bonds. The van der Waals surface area contributed by atoms with Gasteiger partial charge in [0.25, 0.3) is 0 Å². The van der Waals surface area contributed by atoms with Crippen LogP contribution in [0.5, 0.6) is 0 Å². The van der Waals surface area contributed by atoms with E-state index in [0.29, 0.717) is 0 Å². The van der Waals surface area contributed by atoms with Crippen LogP contribution in [-0.2, 0) is 4.79 Å². The fourth-order valence-electron chi connectivity index (χ4n) is 0.121. The van der Waals surface area contributed by atoms with E-state index in [4.69, 9.17) is 5.53 Å². The van der Waals surface area contributed by atoms with Gasteiger partial charge >= 0.3 is 0 Å². The molecule has 0 heterocycles. The zero-order chi connectivity index (χ0) is 5.70. The lowest BCUT2D eigenvalue weighted by Gasteiger charge is -1.73. The van der Waals surface area contributed by atoms with E-state index in [1.165, 1.54) is 0 Å². The first-order chi connectivity index (χ1) is 3.31. The van der Waals surface area contributed by atoms with Gasteiger partial charge in [-0.1, -0.05) is 6.92 Å². The summed E-state index contributed by atoms with van der Waals surface area (Å²) in [7, 11) is 0. The van der Waals surface area contributed by atoms with Gasteiger partial charge in [0.1, 0.15) is 0 Å². The van der Waals surface area contributed by atoms with Crippen LogP contribution < -0.4 is 0 Å². The molecule has 0 rings (SSSR count). The monoisotopic (exact) mass is 99.0 g/mol. The summed E-state index contributed by atoms with van der Waals surface area (Å²) in [4.78, 5) is 12.3. The third-order valence-electron chi connectivity index (χ3n) is 0.459.